The fourth-order valence-electron chi connectivity index (χ4n) is 3.69. The molecule has 162 valence electrons. The fraction of sp³-hybridized carbons (Fsp3) is 0.208. The van der Waals surface area contributed by atoms with Gasteiger partial charge in [-0.2, -0.15) is 9.57 Å². The molecule has 0 atom stereocenters. The number of pyridine rings is 1. The molecule has 1 aliphatic rings. The van der Waals surface area contributed by atoms with Gasteiger partial charge in [0.25, 0.3) is 5.56 Å². The monoisotopic (exact) mass is 447 g/mol. The van der Waals surface area contributed by atoms with Crippen molar-refractivity contribution >= 4 is 15.8 Å². The Morgan fingerprint density at radius 1 is 0.906 bits per heavy atom. The van der Waals surface area contributed by atoms with Crippen LogP contribution in [0.3, 0.4) is 0 Å². The Labute approximate surface area is 186 Å². The van der Waals surface area contributed by atoms with Gasteiger partial charge in [-0.3, -0.25) is 9.59 Å². The third-order valence-corrected chi connectivity index (χ3v) is 7.41. The molecule has 1 aliphatic heterocycles. The Hall–Kier alpha value is -3.54. The number of aromatic nitrogens is 1. The van der Waals surface area contributed by atoms with Gasteiger partial charge in [0.2, 0.25) is 10.0 Å². The highest BCUT2D eigenvalue weighted by Crippen LogP contribution is 2.22. The van der Waals surface area contributed by atoms with E-state index in [9.17, 15) is 18.0 Å². The summed E-state index contributed by atoms with van der Waals surface area (Å²) in [5, 5.41) is 8.91. The van der Waals surface area contributed by atoms with Crippen molar-refractivity contribution in [1.29, 1.82) is 5.26 Å². The van der Waals surface area contributed by atoms with E-state index in [1.165, 1.54) is 22.6 Å². The Kier molecular flexibility index (Phi) is 6.04. The molecule has 0 amide bonds. The van der Waals surface area contributed by atoms with Gasteiger partial charge in [-0.15, -0.1) is 0 Å². The largest absolute Gasteiger partial charge is 0.306 e. The van der Waals surface area contributed by atoms with E-state index in [1.807, 2.05) is 12.1 Å². The number of rotatable bonds is 6. The minimum Gasteiger partial charge on any atom is -0.306 e. The molecule has 2 heterocycles. The van der Waals surface area contributed by atoms with Crippen LogP contribution in [0.15, 0.2) is 76.6 Å². The zero-order valence-corrected chi connectivity index (χ0v) is 18.1. The number of Topliss-reactive ketones (excluding diaryl/α,β-unsaturated/α-hetero) is 1. The molecule has 8 heteroatoms. The quantitative estimate of drug-likeness (QED) is 0.541. The van der Waals surface area contributed by atoms with Crippen LogP contribution in [-0.2, 0) is 16.6 Å². The molecule has 1 fully saturated rings. The number of hydrogen-bond acceptors (Lipinski definition) is 5. The van der Waals surface area contributed by atoms with Gasteiger partial charge >= 0.3 is 0 Å². The van der Waals surface area contributed by atoms with Crippen LogP contribution in [0, 0.1) is 11.3 Å². The number of benzene rings is 2. The van der Waals surface area contributed by atoms with E-state index in [4.69, 9.17) is 5.26 Å². The van der Waals surface area contributed by atoms with Gasteiger partial charge in [-0.1, -0.05) is 36.4 Å². The number of sulfonamides is 1. The van der Waals surface area contributed by atoms with E-state index in [0.717, 1.165) is 28.5 Å². The standard InChI is InChI=1S/C24H21N3O4S/c25-15-18-3-5-19(6-4-18)20-7-9-21(10-8-20)23(28)17-26-16-22(11-12-24(26)29)32(30,31)27-13-1-2-14-27/h3-12,16H,1-2,13-14,17H2. The lowest BCUT2D eigenvalue weighted by atomic mass is 10.0. The molecule has 1 saturated heterocycles. The topological polar surface area (TPSA) is 100 Å². The van der Waals surface area contributed by atoms with Crippen LogP contribution >= 0.6 is 0 Å². The van der Waals surface area contributed by atoms with Crippen LogP contribution in [0.2, 0.25) is 0 Å². The SMILES string of the molecule is N#Cc1ccc(-c2ccc(C(=O)Cn3cc(S(=O)(=O)N4CCCC4)ccc3=O)cc2)cc1. The van der Waals surface area contributed by atoms with Gasteiger partial charge in [-0.25, -0.2) is 8.42 Å². The lowest BCUT2D eigenvalue weighted by Gasteiger charge is -2.16. The summed E-state index contributed by atoms with van der Waals surface area (Å²) in [6.45, 7) is 0.677. The summed E-state index contributed by atoms with van der Waals surface area (Å²) in [5.41, 5.74) is 2.36. The first kappa shape index (κ1) is 21.7. The van der Waals surface area contributed by atoms with E-state index in [-0.39, 0.29) is 17.2 Å². The van der Waals surface area contributed by atoms with E-state index in [0.29, 0.717) is 24.2 Å². The lowest BCUT2D eigenvalue weighted by Crippen LogP contribution is -2.30. The molecule has 0 unspecified atom stereocenters. The van der Waals surface area contributed by atoms with Gasteiger partial charge in [0, 0.05) is 30.9 Å². The highest BCUT2D eigenvalue weighted by molar-refractivity contribution is 7.89. The molecule has 0 saturated carbocycles. The van der Waals surface area contributed by atoms with Crippen molar-refractivity contribution in [1.82, 2.24) is 8.87 Å². The fourth-order valence-corrected chi connectivity index (χ4v) is 5.23. The van der Waals surface area contributed by atoms with E-state index in [1.54, 1.807) is 36.4 Å². The molecular formula is C24H21N3O4S. The number of carbonyl (C=O) groups excluding carboxylic acids is 1. The highest BCUT2D eigenvalue weighted by atomic mass is 32.2. The van der Waals surface area contributed by atoms with Gasteiger partial charge in [0.05, 0.1) is 23.1 Å². The van der Waals surface area contributed by atoms with Crippen molar-refractivity contribution in [3.8, 4) is 17.2 Å². The summed E-state index contributed by atoms with van der Waals surface area (Å²) >= 11 is 0. The maximum absolute atomic E-state index is 12.8. The number of ketones is 1. The van der Waals surface area contributed by atoms with E-state index >= 15 is 0 Å². The van der Waals surface area contributed by atoms with Crippen LogP contribution in [0.4, 0.5) is 0 Å². The minimum absolute atomic E-state index is 0.0166. The molecule has 32 heavy (non-hydrogen) atoms. The maximum atomic E-state index is 12.8. The zero-order chi connectivity index (χ0) is 22.7. The predicted molar refractivity (Wildman–Crippen MR) is 120 cm³/mol. The summed E-state index contributed by atoms with van der Waals surface area (Å²) in [5.74, 6) is -0.297. The van der Waals surface area contributed by atoms with Crippen LogP contribution in [0.1, 0.15) is 28.8 Å². The maximum Gasteiger partial charge on any atom is 0.251 e. The molecule has 0 radical (unpaired) electrons. The average molecular weight is 448 g/mol. The van der Waals surface area contributed by atoms with Crippen molar-refractivity contribution in [2.24, 2.45) is 0 Å². The smallest absolute Gasteiger partial charge is 0.251 e. The summed E-state index contributed by atoms with van der Waals surface area (Å²) in [6, 6.07) is 18.6. The summed E-state index contributed by atoms with van der Waals surface area (Å²) in [6.07, 6.45) is 2.88. The van der Waals surface area contributed by atoms with Gasteiger partial charge in [0.15, 0.2) is 5.78 Å². The van der Waals surface area contributed by atoms with Crippen LogP contribution in [0.25, 0.3) is 11.1 Å². The first-order valence-corrected chi connectivity index (χ1v) is 11.7. The number of nitrogens with zero attached hydrogens (tertiary/aromatic N) is 3. The van der Waals surface area contributed by atoms with E-state index < -0.39 is 15.6 Å². The second-order valence-corrected chi connectivity index (χ2v) is 9.57. The third-order valence-electron chi connectivity index (χ3n) is 5.53. The predicted octanol–water partition coefficient (Wildman–Crippen LogP) is 3.05. The normalized spacial score (nSPS) is 14.2. The number of carbonyl (C=O) groups is 1. The van der Waals surface area contributed by atoms with Crippen molar-refractivity contribution in [2.45, 2.75) is 24.3 Å². The Morgan fingerprint density at radius 3 is 2.09 bits per heavy atom. The first-order valence-electron chi connectivity index (χ1n) is 10.2. The lowest BCUT2D eigenvalue weighted by molar-refractivity contribution is 0.0970. The average Bonchev–Trinajstić information content (AvgIpc) is 3.36. The molecule has 0 aliphatic carbocycles. The Morgan fingerprint density at radius 2 is 1.50 bits per heavy atom. The second kappa shape index (κ2) is 8.91. The molecule has 3 aromatic rings. The summed E-state index contributed by atoms with van der Waals surface area (Å²) in [4.78, 5) is 25.0. The van der Waals surface area contributed by atoms with Gasteiger partial charge < -0.3 is 4.57 Å². The van der Waals surface area contributed by atoms with Crippen molar-refractivity contribution in [3.05, 3.63) is 88.3 Å². The number of hydrogen-bond donors (Lipinski definition) is 0. The molecule has 7 nitrogen and oxygen atoms in total. The Balaban J connectivity index is 1.53. The summed E-state index contributed by atoms with van der Waals surface area (Å²) in [7, 11) is -3.68. The zero-order valence-electron chi connectivity index (χ0n) is 17.3. The molecular weight excluding hydrogens is 426 g/mol. The van der Waals surface area contributed by atoms with Crippen molar-refractivity contribution < 1.29 is 13.2 Å². The number of nitriles is 1. The minimum atomic E-state index is -3.68. The molecule has 2 aromatic carbocycles. The molecule has 0 spiro atoms. The van der Waals surface area contributed by atoms with Crippen LogP contribution in [0.5, 0.6) is 0 Å². The van der Waals surface area contributed by atoms with Crippen LogP contribution in [-0.4, -0.2) is 36.2 Å². The van der Waals surface area contributed by atoms with Crippen LogP contribution < -0.4 is 5.56 Å². The third kappa shape index (κ3) is 4.40. The highest BCUT2D eigenvalue weighted by Gasteiger charge is 2.27. The molecule has 0 bridgehead atoms. The van der Waals surface area contributed by atoms with Crippen molar-refractivity contribution in [3.63, 3.8) is 0 Å². The molecule has 0 N–H and O–H groups in total. The van der Waals surface area contributed by atoms with Gasteiger partial charge in [-0.05, 0) is 42.2 Å². The van der Waals surface area contributed by atoms with Crippen molar-refractivity contribution in [2.75, 3.05) is 13.1 Å². The molecule has 1 aromatic heterocycles. The van der Waals surface area contributed by atoms with Gasteiger partial charge in [0.1, 0.15) is 0 Å². The summed E-state index contributed by atoms with van der Waals surface area (Å²) < 4.78 is 28.1. The molecule has 4 rings (SSSR count). The first-order chi connectivity index (χ1) is 15.4. The Bertz CT molecular complexity index is 1350. The van der Waals surface area contributed by atoms with E-state index in [2.05, 4.69) is 6.07 Å². The second-order valence-electron chi connectivity index (χ2n) is 7.63.